The van der Waals surface area contributed by atoms with Crippen molar-refractivity contribution >= 4 is 53.5 Å². The number of rotatable bonds is 27. The average Bonchev–Trinajstić information content (AvgIpc) is 3.15. The number of hydrogen-bond donors (Lipinski definition) is 3. The Morgan fingerprint density at radius 1 is 0.537 bits per heavy atom. The fourth-order valence-corrected chi connectivity index (χ4v) is 3.87. The maximum atomic E-state index is 12.7. The lowest BCUT2D eigenvalue weighted by Gasteiger charge is -2.28. The number of anilines is 3. The van der Waals surface area contributed by atoms with E-state index in [4.69, 9.17) is 28.4 Å². The Balaban J connectivity index is 3.74. The molecule has 1 rings (SSSR count). The van der Waals surface area contributed by atoms with E-state index in [-0.39, 0.29) is 77.5 Å². The molecule has 0 aliphatic carbocycles. The van der Waals surface area contributed by atoms with Crippen LogP contribution in [0.2, 0.25) is 0 Å². The zero-order valence-corrected chi connectivity index (χ0v) is 31.5. The highest BCUT2D eigenvalue weighted by molar-refractivity contribution is 5.83. The first-order chi connectivity index (χ1) is 25.7. The Hall–Kier alpha value is -5.67. The minimum atomic E-state index is -0.691. The van der Waals surface area contributed by atoms with Gasteiger partial charge >= 0.3 is 17.9 Å². The van der Waals surface area contributed by atoms with E-state index in [2.05, 4.69) is 50.6 Å². The molecule has 3 amide bonds. The van der Waals surface area contributed by atoms with Gasteiger partial charge in [-0.1, -0.05) is 19.7 Å². The van der Waals surface area contributed by atoms with Crippen molar-refractivity contribution in [1.82, 2.24) is 30.9 Å². The Bertz CT molecular complexity index is 1270. The van der Waals surface area contributed by atoms with Crippen LogP contribution in [0.5, 0.6) is 0 Å². The number of esters is 3. The molecule has 0 spiro atoms. The van der Waals surface area contributed by atoms with Gasteiger partial charge in [-0.15, -0.1) is 0 Å². The van der Waals surface area contributed by atoms with Crippen molar-refractivity contribution in [3.05, 3.63) is 38.0 Å². The predicted octanol–water partition coefficient (Wildman–Crippen LogP) is -1.20. The van der Waals surface area contributed by atoms with Gasteiger partial charge in [-0.3, -0.25) is 14.4 Å². The van der Waals surface area contributed by atoms with E-state index in [1.165, 1.54) is 35.8 Å². The number of carbonyl (C=O) groups is 6. The first-order valence-electron chi connectivity index (χ1n) is 16.5. The van der Waals surface area contributed by atoms with Crippen LogP contribution in [-0.2, 0) is 57.2 Å². The standard InChI is InChI=1S/C33H51N9O12/c1-10-28(46)52-22(4)16-49-19-40(13-25(43)34-7)31-37-32(41(14-26(44)35-8)20-50-17-23(5)53-29(47)11-2)39-33(38-31)42(15-27(45)36-9)21-51-18-24(6)54-30(48)12-3/h10-12,22-24H,1-3,13-21H2,4-9H3,(H,34,43)(H,35,44)(H,36,45). The third-order valence-corrected chi connectivity index (χ3v) is 6.54. The molecule has 3 atom stereocenters. The van der Waals surface area contributed by atoms with Crippen LogP contribution in [0.25, 0.3) is 0 Å². The third-order valence-electron chi connectivity index (χ3n) is 6.54. The molecule has 0 aliphatic rings. The number of hydrogen-bond acceptors (Lipinski definition) is 18. The van der Waals surface area contributed by atoms with Gasteiger partial charge < -0.3 is 59.1 Å². The third kappa shape index (κ3) is 18.2. The van der Waals surface area contributed by atoms with Crippen LogP contribution in [0.15, 0.2) is 38.0 Å². The highest BCUT2D eigenvalue weighted by Crippen LogP contribution is 2.20. The zero-order chi connectivity index (χ0) is 40.6. The summed E-state index contributed by atoms with van der Waals surface area (Å²) in [6.45, 7) is 12.7. The van der Waals surface area contributed by atoms with Crippen molar-refractivity contribution < 1.29 is 57.2 Å². The largest absolute Gasteiger partial charge is 0.457 e. The minimum absolute atomic E-state index is 0.0921. The van der Waals surface area contributed by atoms with Crippen LogP contribution in [0, 0.1) is 0 Å². The molecule has 3 N–H and O–H groups in total. The smallest absolute Gasteiger partial charge is 0.330 e. The maximum absolute atomic E-state index is 12.7. The molecule has 54 heavy (non-hydrogen) atoms. The summed E-state index contributed by atoms with van der Waals surface area (Å²) in [5.41, 5.74) is 0. The fraction of sp³-hybridized carbons (Fsp3) is 0.545. The second kappa shape index (κ2) is 25.3. The molecule has 1 heterocycles. The molecule has 0 aliphatic heterocycles. The van der Waals surface area contributed by atoms with Gasteiger partial charge in [0.15, 0.2) is 0 Å². The predicted molar refractivity (Wildman–Crippen MR) is 194 cm³/mol. The van der Waals surface area contributed by atoms with Crippen molar-refractivity contribution in [2.24, 2.45) is 0 Å². The summed E-state index contributed by atoms with van der Waals surface area (Å²) < 4.78 is 32.7. The van der Waals surface area contributed by atoms with Gasteiger partial charge in [-0.05, 0) is 20.8 Å². The number of ether oxygens (including phenoxy) is 6. The molecule has 0 radical (unpaired) electrons. The molecule has 3 unspecified atom stereocenters. The number of nitrogens with one attached hydrogen (secondary N) is 3. The van der Waals surface area contributed by atoms with Gasteiger partial charge in [0.25, 0.3) is 0 Å². The van der Waals surface area contributed by atoms with Crippen LogP contribution in [0.1, 0.15) is 20.8 Å². The lowest BCUT2D eigenvalue weighted by molar-refractivity contribution is -0.145. The van der Waals surface area contributed by atoms with Gasteiger partial charge in [-0.25, -0.2) is 14.4 Å². The van der Waals surface area contributed by atoms with Crippen LogP contribution in [0.4, 0.5) is 17.8 Å². The summed E-state index contributed by atoms with van der Waals surface area (Å²) in [6.07, 6.45) is 0.950. The number of aromatic nitrogens is 3. The van der Waals surface area contributed by atoms with Crippen molar-refractivity contribution in [1.29, 1.82) is 0 Å². The molecule has 1 aromatic rings. The van der Waals surface area contributed by atoms with E-state index in [9.17, 15) is 28.8 Å². The highest BCUT2D eigenvalue weighted by Gasteiger charge is 2.25. The van der Waals surface area contributed by atoms with Crippen LogP contribution in [0.3, 0.4) is 0 Å². The average molecular weight is 766 g/mol. The molecular formula is C33H51N9O12. The molecule has 0 fully saturated rings. The number of amides is 3. The Labute approximate surface area is 314 Å². The highest BCUT2D eigenvalue weighted by atomic mass is 16.6. The first kappa shape index (κ1) is 46.4. The molecule has 21 heteroatoms. The van der Waals surface area contributed by atoms with E-state index in [0.29, 0.717) is 0 Å². The van der Waals surface area contributed by atoms with Crippen LogP contribution in [-0.4, -0.2) is 150 Å². The maximum Gasteiger partial charge on any atom is 0.330 e. The number of nitrogens with zero attached hydrogens (tertiary/aromatic N) is 6. The Kier molecular flexibility index (Phi) is 21.7. The fourth-order valence-electron chi connectivity index (χ4n) is 3.87. The van der Waals surface area contributed by atoms with E-state index in [1.807, 2.05) is 0 Å². The summed E-state index contributed by atoms with van der Waals surface area (Å²) in [6, 6.07) is 0. The summed E-state index contributed by atoms with van der Waals surface area (Å²) in [4.78, 5) is 90.6. The Morgan fingerprint density at radius 3 is 0.981 bits per heavy atom. The first-order valence-corrected chi connectivity index (χ1v) is 16.5. The van der Waals surface area contributed by atoms with E-state index in [1.54, 1.807) is 20.8 Å². The number of carbonyl (C=O) groups excluding carboxylic acids is 6. The SMILES string of the molecule is C=CC(=O)OC(C)COCN(CC(=O)NC)c1nc(N(COCC(C)OC(=O)C=C)CC(=O)NC)nc(N(COCC(C)OC(=O)C=C)CC(=O)NC)n1. The topological polar surface area (TPSA) is 242 Å². The van der Waals surface area contributed by atoms with E-state index >= 15 is 0 Å². The summed E-state index contributed by atoms with van der Waals surface area (Å²) >= 11 is 0. The van der Waals surface area contributed by atoms with Gasteiger partial charge in [0.05, 0.1) is 19.8 Å². The molecular weight excluding hydrogens is 714 g/mol. The van der Waals surface area contributed by atoms with Gasteiger partial charge in [0.1, 0.15) is 58.1 Å². The van der Waals surface area contributed by atoms with Crippen LogP contribution < -0.4 is 30.7 Å². The molecule has 0 aromatic carbocycles. The normalized spacial score (nSPS) is 12.1. The summed E-state index contributed by atoms with van der Waals surface area (Å²) in [7, 11) is 4.27. The zero-order valence-electron chi connectivity index (χ0n) is 31.5. The monoisotopic (exact) mass is 765 g/mol. The van der Waals surface area contributed by atoms with Crippen molar-refractivity contribution in [2.45, 2.75) is 39.1 Å². The Morgan fingerprint density at radius 2 is 0.778 bits per heavy atom. The van der Waals surface area contributed by atoms with Gasteiger partial charge in [-0.2, -0.15) is 15.0 Å². The lowest BCUT2D eigenvalue weighted by Crippen LogP contribution is -2.42. The minimum Gasteiger partial charge on any atom is -0.457 e. The molecule has 0 saturated heterocycles. The second-order valence-electron chi connectivity index (χ2n) is 11.2. The second-order valence-corrected chi connectivity index (χ2v) is 11.2. The van der Waals surface area contributed by atoms with Crippen molar-refractivity contribution in [3.63, 3.8) is 0 Å². The molecule has 1 aromatic heterocycles. The van der Waals surface area contributed by atoms with Crippen molar-refractivity contribution in [3.8, 4) is 0 Å². The molecule has 21 nitrogen and oxygen atoms in total. The quantitative estimate of drug-likeness (QED) is 0.0412. The number of likely N-dealkylation sites (N-methyl/N-ethyl adjacent to an activating group) is 3. The molecule has 0 saturated carbocycles. The molecule has 0 bridgehead atoms. The summed E-state index contributed by atoms with van der Waals surface area (Å²) in [5.74, 6) is -3.77. The summed E-state index contributed by atoms with van der Waals surface area (Å²) in [5, 5.41) is 7.54. The van der Waals surface area contributed by atoms with Gasteiger partial charge in [0, 0.05) is 39.4 Å². The molecule has 300 valence electrons. The van der Waals surface area contributed by atoms with Crippen molar-refractivity contribution in [2.75, 3.05) is 95.5 Å². The van der Waals surface area contributed by atoms with E-state index in [0.717, 1.165) is 18.2 Å². The van der Waals surface area contributed by atoms with Gasteiger partial charge in [0.2, 0.25) is 35.6 Å². The van der Waals surface area contributed by atoms with Crippen LogP contribution >= 0.6 is 0 Å². The lowest BCUT2D eigenvalue weighted by atomic mass is 10.4. The van der Waals surface area contributed by atoms with E-state index < -0.39 is 53.9 Å².